The smallest absolute Gasteiger partial charge is 0.269 e. The Hall–Kier alpha value is -1.62. The Morgan fingerprint density at radius 1 is 1.29 bits per heavy atom. The van der Waals surface area contributed by atoms with Gasteiger partial charge in [0, 0.05) is 17.8 Å². The lowest BCUT2D eigenvalue weighted by Crippen LogP contribution is -2.43. The van der Waals surface area contributed by atoms with Crippen LogP contribution in [0.3, 0.4) is 0 Å². The number of nitro groups is 1. The Labute approximate surface area is 102 Å². The molecule has 0 fully saturated rings. The van der Waals surface area contributed by atoms with Crippen molar-refractivity contribution in [2.75, 3.05) is 33.0 Å². The highest BCUT2D eigenvalue weighted by Gasteiger charge is 2.13. The van der Waals surface area contributed by atoms with E-state index in [4.69, 9.17) is 0 Å². The van der Waals surface area contributed by atoms with Gasteiger partial charge < -0.3 is 9.80 Å². The first kappa shape index (κ1) is 13.4. The van der Waals surface area contributed by atoms with E-state index >= 15 is 0 Å². The van der Waals surface area contributed by atoms with Crippen molar-refractivity contribution in [3.8, 4) is 0 Å². The van der Waals surface area contributed by atoms with Crippen LogP contribution in [0.2, 0.25) is 0 Å². The minimum atomic E-state index is -0.390. The zero-order chi connectivity index (χ0) is 13.1. The van der Waals surface area contributed by atoms with Crippen LogP contribution in [-0.2, 0) is 0 Å². The Kier molecular flexibility index (Phi) is 4.07. The molecular weight excluding hydrogens is 218 g/mol. The van der Waals surface area contributed by atoms with Gasteiger partial charge in [0.1, 0.15) is 0 Å². The molecule has 0 spiro atoms. The maximum Gasteiger partial charge on any atom is 0.269 e. The van der Waals surface area contributed by atoms with Gasteiger partial charge in [0.15, 0.2) is 0 Å². The highest BCUT2D eigenvalue weighted by molar-refractivity contribution is 5.48. The molecule has 0 aliphatic heterocycles. The summed E-state index contributed by atoms with van der Waals surface area (Å²) in [6.07, 6.45) is 0. The first-order valence-corrected chi connectivity index (χ1v) is 5.59. The van der Waals surface area contributed by atoms with Gasteiger partial charge >= 0.3 is 0 Å². The van der Waals surface area contributed by atoms with Crippen molar-refractivity contribution in [3.05, 3.63) is 34.4 Å². The topological polar surface area (TPSA) is 55.2 Å². The van der Waals surface area contributed by atoms with Crippen LogP contribution < -0.4 is 5.32 Å². The number of rotatable bonds is 5. The van der Waals surface area contributed by atoms with Crippen molar-refractivity contribution in [3.63, 3.8) is 0 Å². The summed E-state index contributed by atoms with van der Waals surface area (Å²) in [6, 6.07) is 6.83. The molecule has 1 unspecified atom stereocenters. The van der Waals surface area contributed by atoms with Gasteiger partial charge in [0.2, 0.25) is 0 Å². The number of anilines is 1. The Morgan fingerprint density at radius 3 is 2.24 bits per heavy atom. The average molecular weight is 238 g/mol. The van der Waals surface area contributed by atoms with Crippen LogP contribution in [0.25, 0.3) is 0 Å². The van der Waals surface area contributed by atoms with E-state index in [1.807, 2.05) is 0 Å². The highest BCUT2D eigenvalue weighted by Crippen LogP contribution is 2.16. The summed E-state index contributed by atoms with van der Waals surface area (Å²) in [5.74, 6) is 0. The molecule has 1 N–H and O–H groups in total. The fourth-order valence-electron chi connectivity index (χ4n) is 1.83. The number of likely N-dealkylation sites (N-methyl/N-ethyl adjacent to an activating group) is 1. The molecule has 1 aromatic rings. The zero-order valence-electron chi connectivity index (χ0n) is 10.8. The van der Waals surface area contributed by atoms with E-state index in [0.717, 1.165) is 16.7 Å². The lowest BCUT2D eigenvalue weighted by molar-refractivity contribution is -0.870. The maximum absolute atomic E-state index is 10.5. The van der Waals surface area contributed by atoms with Gasteiger partial charge in [-0.25, -0.2) is 0 Å². The number of benzene rings is 1. The van der Waals surface area contributed by atoms with E-state index in [9.17, 15) is 10.1 Å². The van der Waals surface area contributed by atoms with Crippen molar-refractivity contribution in [2.24, 2.45) is 0 Å². The largest absolute Gasteiger partial charge is 0.377 e. The molecular formula is C12H20N3O2+. The minimum Gasteiger partial charge on any atom is -0.377 e. The van der Waals surface area contributed by atoms with Crippen LogP contribution in [0, 0.1) is 10.1 Å². The van der Waals surface area contributed by atoms with Crippen LogP contribution in [-0.4, -0.2) is 43.1 Å². The number of nitrogens with zero attached hydrogens (tertiary/aromatic N) is 2. The van der Waals surface area contributed by atoms with Gasteiger partial charge in [-0.05, 0) is 19.1 Å². The van der Waals surface area contributed by atoms with Gasteiger partial charge in [-0.2, -0.15) is 0 Å². The summed E-state index contributed by atoms with van der Waals surface area (Å²) in [5, 5.41) is 13.8. The normalized spacial score (nSPS) is 13.2. The molecule has 1 aromatic carbocycles. The summed E-state index contributed by atoms with van der Waals surface area (Å²) in [7, 11) is 6.40. The monoisotopic (exact) mass is 238 g/mol. The van der Waals surface area contributed by atoms with Crippen LogP contribution in [0.1, 0.15) is 6.92 Å². The fraction of sp³-hybridized carbons (Fsp3) is 0.500. The summed E-state index contributed by atoms with van der Waals surface area (Å²) in [6.45, 7) is 3.09. The van der Waals surface area contributed by atoms with Crippen molar-refractivity contribution < 1.29 is 9.41 Å². The quantitative estimate of drug-likeness (QED) is 0.485. The molecule has 0 aromatic heterocycles. The Balaban J connectivity index is 2.60. The number of hydrogen-bond acceptors (Lipinski definition) is 3. The lowest BCUT2D eigenvalue weighted by atomic mass is 10.2. The highest BCUT2D eigenvalue weighted by atomic mass is 16.6. The molecule has 0 aliphatic rings. The summed E-state index contributed by atoms with van der Waals surface area (Å²) in [4.78, 5) is 10.1. The lowest BCUT2D eigenvalue weighted by Gasteiger charge is -2.28. The van der Waals surface area contributed by atoms with Crippen molar-refractivity contribution in [1.29, 1.82) is 0 Å². The van der Waals surface area contributed by atoms with E-state index in [1.165, 1.54) is 12.1 Å². The van der Waals surface area contributed by atoms with Crippen LogP contribution in [0.15, 0.2) is 24.3 Å². The molecule has 1 atom stereocenters. The van der Waals surface area contributed by atoms with E-state index in [2.05, 4.69) is 33.4 Å². The number of hydrogen-bond donors (Lipinski definition) is 1. The molecule has 0 heterocycles. The Morgan fingerprint density at radius 2 is 1.82 bits per heavy atom. The predicted molar refractivity (Wildman–Crippen MR) is 69.1 cm³/mol. The fourth-order valence-corrected chi connectivity index (χ4v) is 1.83. The molecule has 94 valence electrons. The summed E-state index contributed by atoms with van der Waals surface area (Å²) >= 11 is 0. The van der Waals surface area contributed by atoms with E-state index in [0.29, 0.717) is 6.04 Å². The number of nitrogens with one attached hydrogen (secondary N) is 1. The number of quaternary nitrogens is 1. The van der Waals surface area contributed by atoms with Gasteiger partial charge in [-0.3, -0.25) is 10.1 Å². The van der Waals surface area contributed by atoms with Crippen LogP contribution in [0.4, 0.5) is 11.4 Å². The molecule has 0 amide bonds. The van der Waals surface area contributed by atoms with E-state index in [-0.39, 0.29) is 10.6 Å². The van der Waals surface area contributed by atoms with Gasteiger partial charge in [-0.15, -0.1) is 0 Å². The third-order valence-corrected chi connectivity index (χ3v) is 2.31. The first-order chi connectivity index (χ1) is 7.78. The van der Waals surface area contributed by atoms with Gasteiger partial charge in [0.25, 0.3) is 5.69 Å². The number of non-ortho nitro benzene ring substituents is 1. The van der Waals surface area contributed by atoms with Crippen LogP contribution >= 0.6 is 0 Å². The van der Waals surface area contributed by atoms with Crippen LogP contribution in [0.5, 0.6) is 0 Å². The molecule has 0 aliphatic carbocycles. The van der Waals surface area contributed by atoms with Crippen molar-refractivity contribution in [2.45, 2.75) is 13.0 Å². The molecule has 0 bridgehead atoms. The van der Waals surface area contributed by atoms with Gasteiger partial charge in [-0.1, -0.05) is 0 Å². The minimum absolute atomic E-state index is 0.120. The molecule has 5 nitrogen and oxygen atoms in total. The predicted octanol–water partition coefficient (Wildman–Crippen LogP) is 2.10. The molecule has 0 saturated heterocycles. The third kappa shape index (κ3) is 4.82. The Bertz CT molecular complexity index is 382. The van der Waals surface area contributed by atoms with Gasteiger partial charge in [0.05, 0.1) is 38.7 Å². The second-order valence-corrected chi connectivity index (χ2v) is 5.32. The second-order valence-electron chi connectivity index (χ2n) is 5.32. The van der Waals surface area contributed by atoms with E-state index in [1.54, 1.807) is 12.1 Å². The zero-order valence-corrected chi connectivity index (χ0v) is 10.8. The third-order valence-electron chi connectivity index (χ3n) is 2.31. The van der Waals surface area contributed by atoms with E-state index < -0.39 is 0 Å². The maximum atomic E-state index is 10.5. The van der Waals surface area contributed by atoms with Crippen molar-refractivity contribution >= 4 is 11.4 Å². The SMILES string of the molecule is CC(C[N+](C)(C)C)Nc1ccc([N+](=O)[O-])cc1. The molecule has 17 heavy (non-hydrogen) atoms. The second kappa shape index (κ2) is 5.14. The molecule has 0 radical (unpaired) electrons. The summed E-state index contributed by atoms with van der Waals surface area (Å²) in [5.41, 5.74) is 1.03. The molecule has 1 rings (SSSR count). The van der Waals surface area contributed by atoms with Crippen molar-refractivity contribution in [1.82, 2.24) is 0 Å². The average Bonchev–Trinajstić information content (AvgIpc) is 2.15. The molecule has 0 saturated carbocycles. The molecule has 5 heteroatoms. The standard InChI is InChI=1S/C12H20N3O2/c1-10(9-15(2,3)4)13-11-5-7-12(8-6-11)14(16)17/h5-8,10,13H,9H2,1-4H3/q+1. The number of nitro benzene ring substituents is 1. The first-order valence-electron chi connectivity index (χ1n) is 5.59. The summed E-state index contributed by atoms with van der Waals surface area (Å²) < 4.78 is 0.876.